The third-order valence-electron chi connectivity index (χ3n) is 3.06. The molecule has 94 valence electrons. The quantitative estimate of drug-likeness (QED) is 0.896. The first-order valence-corrected chi connectivity index (χ1v) is 6.97. The molecule has 3 rings (SSSR count). The minimum Gasteiger partial charge on any atom is -0.390 e. The van der Waals surface area contributed by atoms with Crippen molar-refractivity contribution in [3.05, 3.63) is 40.2 Å². The molecule has 5 heteroatoms. The summed E-state index contributed by atoms with van der Waals surface area (Å²) in [5, 5.41) is 19.3. The van der Waals surface area contributed by atoms with Gasteiger partial charge in [-0.1, -0.05) is 6.07 Å². The van der Waals surface area contributed by atoms with Crippen LogP contribution in [0.1, 0.15) is 23.4 Å². The van der Waals surface area contributed by atoms with Crippen LogP contribution in [0.4, 0.5) is 5.82 Å². The van der Waals surface area contributed by atoms with Crippen LogP contribution in [0.15, 0.2) is 29.6 Å². The van der Waals surface area contributed by atoms with Gasteiger partial charge in [0.15, 0.2) is 5.82 Å². The Hall–Kier alpha value is -1.46. The SMILES string of the molecule is OCc1ccc(N(Cc2cccs2)C2CC2)nn1. The van der Waals surface area contributed by atoms with E-state index in [1.165, 1.54) is 17.7 Å². The molecule has 1 aliphatic rings. The molecular weight excluding hydrogens is 246 g/mol. The molecule has 1 saturated carbocycles. The highest BCUT2D eigenvalue weighted by Gasteiger charge is 2.30. The Kier molecular flexibility index (Phi) is 3.25. The van der Waals surface area contributed by atoms with Gasteiger partial charge >= 0.3 is 0 Å². The molecule has 18 heavy (non-hydrogen) atoms. The van der Waals surface area contributed by atoms with Crippen LogP contribution in [0.3, 0.4) is 0 Å². The van der Waals surface area contributed by atoms with E-state index in [0.29, 0.717) is 11.7 Å². The van der Waals surface area contributed by atoms with Crippen molar-refractivity contribution < 1.29 is 5.11 Å². The molecular formula is C13H15N3OS. The van der Waals surface area contributed by atoms with Crippen LogP contribution in [0, 0.1) is 0 Å². The Bertz CT molecular complexity index is 493. The minimum absolute atomic E-state index is 0.0539. The highest BCUT2D eigenvalue weighted by molar-refractivity contribution is 7.09. The van der Waals surface area contributed by atoms with Gasteiger partial charge < -0.3 is 10.0 Å². The summed E-state index contributed by atoms with van der Waals surface area (Å²) in [6, 6.07) is 8.61. The van der Waals surface area contributed by atoms with E-state index in [1.807, 2.05) is 12.1 Å². The van der Waals surface area contributed by atoms with Crippen LogP contribution in [-0.4, -0.2) is 21.3 Å². The highest BCUT2D eigenvalue weighted by atomic mass is 32.1. The van der Waals surface area contributed by atoms with E-state index < -0.39 is 0 Å². The van der Waals surface area contributed by atoms with E-state index in [9.17, 15) is 0 Å². The number of hydrogen-bond acceptors (Lipinski definition) is 5. The molecule has 0 spiro atoms. The van der Waals surface area contributed by atoms with Crippen LogP contribution >= 0.6 is 11.3 Å². The Labute approximate surface area is 110 Å². The molecule has 1 fully saturated rings. The molecule has 0 saturated heterocycles. The van der Waals surface area contributed by atoms with Crippen LogP contribution in [0.25, 0.3) is 0 Å². The van der Waals surface area contributed by atoms with Crippen molar-refractivity contribution in [2.45, 2.75) is 32.0 Å². The topological polar surface area (TPSA) is 49.2 Å². The first-order chi connectivity index (χ1) is 8.86. The summed E-state index contributed by atoms with van der Waals surface area (Å²) in [7, 11) is 0. The molecule has 0 unspecified atom stereocenters. The molecule has 0 amide bonds. The largest absolute Gasteiger partial charge is 0.390 e. The van der Waals surface area contributed by atoms with Crippen molar-refractivity contribution in [3.63, 3.8) is 0 Å². The fourth-order valence-electron chi connectivity index (χ4n) is 1.94. The number of aliphatic hydroxyl groups excluding tert-OH is 1. The molecule has 2 aromatic rings. The van der Waals surface area contributed by atoms with Gasteiger partial charge in [0.2, 0.25) is 0 Å². The van der Waals surface area contributed by atoms with E-state index in [-0.39, 0.29) is 6.61 Å². The van der Waals surface area contributed by atoms with Gasteiger partial charge in [-0.25, -0.2) is 0 Å². The normalized spacial score (nSPS) is 14.7. The molecule has 4 nitrogen and oxygen atoms in total. The Morgan fingerprint density at radius 1 is 1.28 bits per heavy atom. The number of anilines is 1. The van der Waals surface area contributed by atoms with Gasteiger partial charge in [-0.05, 0) is 36.4 Å². The van der Waals surface area contributed by atoms with Crippen molar-refractivity contribution in [1.82, 2.24) is 10.2 Å². The monoisotopic (exact) mass is 261 g/mol. The number of nitrogens with zero attached hydrogens (tertiary/aromatic N) is 3. The minimum atomic E-state index is -0.0539. The smallest absolute Gasteiger partial charge is 0.151 e. The number of rotatable bonds is 5. The maximum Gasteiger partial charge on any atom is 0.151 e. The zero-order valence-electron chi connectivity index (χ0n) is 9.99. The maximum atomic E-state index is 8.98. The Morgan fingerprint density at radius 2 is 2.17 bits per heavy atom. The Morgan fingerprint density at radius 3 is 2.72 bits per heavy atom. The third kappa shape index (κ3) is 2.52. The molecule has 0 atom stereocenters. The first-order valence-electron chi connectivity index (χ1n) is 6.09. The number of hydrogen-bond donors (Lipinski definition) is 1. The second kappa shape index (κ2) is 5.04. The molecule has 1 N–H and O–H groups in total. The van der Waals surface area contributed by atoms with Crippen molar-refractivity contribution in [2.24, 2.45) is 0 Å². The molecule has 2 aromatic heterocycles. The van der Waals surface area contributed by atoms with E-state index in [4.69, 9.17) is 5.11 Å². The van der Waals surface area contributed by atoms with Crippen LogP contribution in [0.5, 0.6) is 0 Å². The summed E-state index contributed by atoms with van der Waals surface area (Å²) in [6.45, 7) is 0.844. The van der Waals surface area contributed by atoms with Gasteiger partial charge in [0.25, 0.3) is 0 Å². The molecule has 1 aliphatic carbocycles. The van der Waals surface area contributed by atoms with E-state index in [2.05, 4.69) is 32.6 Å². The predicted octanol–water partition coefficient (Wildman–Crippen LogP) is 2.20. The highest BCUT2D eigenvalue weighted by Crippen LogP contribution is 2.32. The number of thiophene rings is 1. The molecule has 0 aliphatic heterocycles. The zero-order chi connectivity index (χ0) is 12.4. The van der Waals surface area contributed by atoms with Crippen LogP contribution in [-0.2, 0) is 13.2 Å². The van der Waals surface area contributed by atoms with Crippen LogP contribution < -0.4 is 4.90 Å². The fourth-order valence-corrected chi connectivity index (χ4v) is 2.65. The lowest BCUT2D eigenvalue weighted by atomic mass is 10.3. The summed E-state index contributed by atoms with van der Waals surface area (Å²) in [6.07, 6.45) is 2.46. The van der Waals surface area contributed by atoms with Gasteiger partial charge in [-0.2, -0.15) is 5.10 Å². The standard InChI is InChI=1S/C13H15N3OS/c17-9-10-3-6-13(15-14-10)16(11-4-5-11)8-12-2-1-7-18-12/h1-3,6-7,11,17H,4-5,8-9H2. The average Bonchev–Trinajstić information content (AvgIpc) is 3.13. The summed E-state index contributed by atoms with van der Waals surface area (Å²) >= 11 is 1.77. The van der Waals surface area contributed by atoms with E-state index in [1.54, 1.807) is 11.3 Å². The number of aromatic nitrogens is 2. The summed E-state index contributed by atoms with van der Waals surface area (Å²) < 4.78 is 0. The van der Waals surface area contributed by atoms with Crippen molar-refractivity contribution in [3.8, 4) is 0 Å². The van der Waals surface area contributed by atoms with Gasteiger partial charge in [-0.3, -0.25) is 0 Å². The van der Waals surface area contributed by atoms with E-state index in [0.717, 1.165) is 12.4 Å². The molecule has 0 radical (unpaired) electrons. The summed E-state index contributed by atoms with van der Waals surface area (Å²) in [4.78, 5) is 3.65. The predicted molar refractivity (Wildman–Crippen MR) is 71.5 cm³/mol. The first kappa shape index (κ1) is 11.6. The molecule has 0 bridgehead atoms. The maximum absolute atomic E-state index is 8.98. The van der Waals surface area contributed by atoms with Crippen molar-refractivity contribution >= 4 is 17.2 Å². The van der Waals surface area contributed by atoms with Gasteiger partial charge in [0, 0.05) is 10.9 Å². The third-order valence-corrected chi connectivity index (χ3v) is 3.92. The lowest BCUT2D eigenvalue weighted by Gasteiger charge is -2.22. The van der Waals surface area contributed by atoms with Gasteiger partial charge in [-0.15, -0.1) is 16.4 Å². The fraction of sp³-hybridized carbons (Fsp3) is 0.385. The number of aliphatic hydroxyl groups is 1. The second-order valence-corrected chi connectivity index (χ2v) is 5.51. The second-order valence-electron chi connectivity index (χ2n) is 4.48. The van der Waals surface area contributed by atoms with Crippen molar-refractivity contribution in [1.29, 1.82) is 0 Å². The zero-order valence-corrected chi connectivity index (χ0v) is 10.8. The van der Waals surface area contributed by atoms with Gasteiger partial charge in [0.1, 0.15) is 0 Å². The van der Waals surface area contributed by atoms with Crippen molar-refractivity contribution in [2.75, 3.05) is 4.90 Å². The van der Waals surface area contributed by atoms with Crippen LogP contribution in [0.2, 0.25) is 0 Å². The summed E-state index contributed by atoms with van der Waals surface area (Å²) in [5.74, 6) is 0.906. The average molecular weight is 261 g/mol. The van der Waals surface area contributed by atoms with E-state index >= 15 is 0 Å². The lowest BCUT2D eigenvalue weighted by Crippen LogP contribution is -2.25. The summed E-state index contributed by atoms with van der Waals surface area (Å²) in [5.41, 5.74) is 0.616. The molecule has 0 aromatic carbocycles. The lowest BCUT2D eigenvalue weighted by molar-refractivity contribution is 0.275. The Balaban J connectivity index is 1.80. The molecule has 2 heterocycles. The van der Waals surface area contributed by atoms with Gasteiger partial charge in [0.05, 0.1) is 18.8 Å².